The lowest BCUT2D eigenvalue weighted by molar-refractivity contribution is -0.385. The van der Waals surface area contributed by atoms with Crippen LogP contribution in [0.15, 0.2) is 42.5 Å². The van der Waals surface area contributed by atoms with Crippen LogP contribution in [-0.4, -0.2) is 23.1 Å². The number of fused-ring (bicyclic) bond motifs is 1. The number of aromatic hydroxyl groups is 1. The Balaban J connectivity index is 0.00000176. The van der Waals surface area contributed by atoms with Crippen LogP contribution in [0.4, 0.5) is 5.69 Å². The molecule has 3 rings (SSSR count). The largest absolute Gasteiger partial charge is 0.502 e. The van der Waals surface area contributed by atoms with Gasteiger partial charge in [0.1, 0.15) is 0 Å². The van der Waals surface area contributed by atoms with Gasteiger partial charge in [0.2, 0.25) is 0 Å². The molecule has 1 aliphatic rings. The topological polar surface area (TPSA) is 75.4 Å². The first kappa shape index (κ1) is 16.3. The molecule has 0 fully saturated rings. The van der Waals surface area contributed by atoms with Crippen molar-refractivity contribution in [3.8, 4) is 5.75 Å². The fraction of sp³-hybridized carbons (Fsp3) is 0.250. The molecule has 1 aliphatic heterocycles. The number of hydrogen-bond acceptors (Lipinski definition) is 4. The van der Waals surface area contributed by atoms with Gasteiger partial charge in [0.25, 0.3) is 0 Å². The van der Waals surface area contributed by atoms with Gasteiger partial charge in [-0.25, -0.2) is 0 Å². The zero-order chi connectivity index (χ0) is 14.8. The maximum atomic E-state index is 11.1. The second-order valence-corrected chi connectivity index (χ2v) is 5.21. The number of benzene rings is 2. The Morgan fingerprint density at radius 3 is 2.64 bits per heavy atom. The van der Waals surface area contributed by atoms with E-state index in [0.717, 1.165) is 36.2 Å². The number of nitrogens with zero attached hydrogens (tertiary/aromatic N) is 1. The summed E-state index contributed by atoms with van der Waals surface area (Å²) < 4.78 is 0. The smallest absolute Gasteiger partial charge is 0.311 e. The summed E-state index contributed by atoms with van der Waals surface area (Å²) in [6.07, 6.45) is 0.754. The Hall–Kier alpha value is -2.11. The van der Waals surface area contributed by atoms with Gasteiger partial charge in [-0.3, -0.25) is 10.1 Å². The van der Waals surface area contributed by atoms with E-state index in [1.165, 1.54) is 12.1 Å². The van der Waals surface area contributed by atoms with E-state index in [2.05, 4.69) is 5.32 Å². The van der Waals surface area contributed by atoms with Gasteiger partial charge in [0.05, 0.1) is 4.92 Å². The summed E-state index contributed by atoms with van der Waals surface area (Å²) in [6.45, 7) is 1.53. The number of nitro benzene ring substituents is 1. The van der Waals surface area contributed by atoms with E-state index >= 15 is 0 Å². The maximum absolute atomic E-state index is 11.1. The highest BCUT2D eigenvalue weighted by atomic mass is 35.5. The van der Waals surface area contributed by atoms with Crippen molar-refractivity contribution in [1.29, 1.82) is 0 Å². The molecule has 0 radical (unpaired) electrons. The molecule has 0 saturated carbocycles. The first-order chi connectivity index (χ1) is 10.2. The zero-order valence-electron chi connectivity index (χ0n) is 11.9. The van der Waals surface area contributed by atoms with Crippen LogP contribution in [-0.2, 0) is 6.42 Å². The minimum absolute atomic E-state index is 0. The molecule has 0 amide bonds. The van der Waals surface area contributed by atoms with Gasteiger partial charge in [-0.05, 0) is 35.7 Å². The number of nitrogens with one attached hydrogen (secondary N) is 1. The fourth-order valence-electron chi connectivity index (χ4n) is 2.89. The predicted octanol–water partition coefficient (Wildman–Crippen LogP) is 3.00. The average molecular weight is 321 g/mol. The molecule has 2 N–H and O–H groups in total. The van der Waals surface area contributed by atoms with E-state index in [0.29, 0.717) is 0 Å². The van der Waals surface area contributed by atoms with E-state index < -0.39 is 4.92 Å². The summed E-state index contributed by atoms with van der Waals surface area (Å²) in [5.74, 6) is -0.199. The van der Waals surface area contributed by atoms with Crippen LogP contribution in [0.3, 0.4) is 0 Å². The first-order valence-electron chi connectivity index (χ1n) is 6.92. The Kier molecular flexibility index (Phi) is 5.00. The first-order valence-corrected chi connectivity index (χ1v) is 6.92. The molecule has 116 valence electrons. The van der Waals surface area contributed by atoms with Gasteiger partial charge in [-0.2, -0.15) is 0 Å². The van der Waals surface area contributed by atoms with Crippen LogP contribution in [0.1, 0.15) is 22.6 Å². The van der Waals surface area contributed by atoms with Crippen molar-refractivity contribution in [1.82, 2.24) is 5.32 Å². The fourth-order valence-corrected chi connectivity index (χ4v) is 2.89. The molecule has 0 bridgehead atoms. The van der Waals surface area contributed by atoms with E-state index in [1.807, 2.05) is 30.3 Å². The molecule has 1 heterocycles. The molecule has 1 unspecified atom stereocenters. The summed E-state index contributed by atoms with van der Waals surface area (Å²) in [5, 5.41) is 24.2. The van der Waals surface area contributed by atoms with Gasteiger partial charge in [-0.15, -0.1) is 12.4 Å². The van der Waals surface area contributed by atoms with E-state index in [9.17, 15) is 15.2 Å². The lowest BCUT2D eigenvalue weighted by Gasteiger charge is -2.18. The Labute approximate surface area is 134 Å². The number of rotatable bonds is 2. The molecule has 0 spiro atoms. The molecule has 6 heteroatoms. The standard InChI is InChI=1S/C16H16N2O3.ClH/c19-16-8-12-6-7-17-10-14(11-4-2-1-3-5-11)13(12)9-15(16)18(20)21;/h1-5,8-9,14,17,19H,6-7,10H2;1H. The molecule has 5 nitrogen and oxygen atoms in total. The summed E-state index contributed by atoms with van der Waals surface area (Å²) >= 11 is 0. The summed E-state index contributed by atoms with van der Waals surface area (Å²) in [6, 6.07) is 13.0. The van der Waals surface area contributed by atoms with Crippen molar-refractivity contribution in [3.63, 3.8) is 0 Å². The van der Waals surface area contributed by atoms with E-state index in [-0.39, 0.29) is 29.8 Å². The average Bonchev–Trinajstić information content (AvgIpc) is 2.69. The minimum Gasteiger partial charge on any atom is -0.502 e. The van der Waals surface area contributed by atoms with Crippen LogP contribution in [0.2, 0.25) is 0 Å². The molecule has 0 saturated heterocycles. The number of phenolic OH excluding ortho intramolecular Hbond substituents is 1. The van der Waals surface area contributed by atoms with Crippen LogP contribution >= 0.6 is 12.4 Å². The van der Waals surface area contributed by atoms with Gasteiger partial charge in [0, 0.05) is 18.5 Å². The van der Waals surface area contributed by atoms with Crippen LogP contribution < -0.4 is 5.32 Å². The highest BCUT2D eigenvalue weighted by Gasteiger charge is 2.25. The molecule has 1 atom stereocenters. The summed E-state index contributed by atoms with van der Waals surface area (Å²) in [4.78, 5) is 10.5. The SMILES string of the molecule is Cl.O=[N+]([O-])c1cc2c(cc1O)CCNCC2c1ccccc1. The lowest BCUT2D eigenvalue weighted by Crippen LogP contribution is -2.20. The molecule has 2 aromatic rings. The molecule has 0 aromatic heterocycles. The Morgan fingerprint density at radius 2 is 1.95 bits per heavy atom. The minimum atomic E-state index is -0.532. The summed E-state index contributed by atoms with van der Waals surface area (Å²) in [5.41, 5.74) is 2.79. The number of phenols is 1. The second-order valence-electron chi connectivity index (χ2n) is 5.21. The van der Waals surface area contributed by atoms with Crippen molar-refractivity contribution in [2.24, 2.45) is 0 Å². The number of nitro groups is 1. The van der Waals surface area contributed by atoms with Crippen molar-refractivity contribution in [3.05, 3.63) is 69.3 Å². The second kappa shape index (κ2) is 6.77. The molecular weight excluding hydrogens is 304 g/mol. The van der Waals surface area contributed by atoms with Gasteiger partial charge < -0.3 is 10.4 Å². The van der Waals surface area contributed by atoms with Gasteiger partial charge in [0.15, 0.2) is 5.75 Å². The van der Waals surface area contributed by atoms with Crippen molar-refractivity contribution >= 4 is 18.1 Å². The Bertz CT molecular complexity index is 677. The summed E-state index contributed by atoms with van der Waals surface area (Å²) in [7, 11) is 0. The normalized spacial score (nSPS) is 17.0. The van der Waals surface area contributed by atoms with Gasteiger partial charge in [-0.1, -0.05) is 30.3 Å². The highest BCUT2D eigenvalue weighted by molar-refractivity contribution is 5.85. The molecule has 2 aromatic carbocycles. The van der Waals surface area contributed by atoms with Gasteiger partial charge >= 0.3 is 5.69 Å². The van der Waals surface area contributed by atoms with Crippen molar-refractivity contribution in [2.75, 3.05) is 13.1 Å². The molecule has 22 heavy (non-hydrogen) atoms. The number of hydrogen-bond donors (Lipinski definition) is 2. The van der Waals surface area contributed by atoms with E-state index in [4.69, 9.17) is 0 Å². The monoisotopic (exact) mass is 320 g/mol. The molecule has 0 aliphatic carbocycles. The third-order valence-electron chi connectivity index (χ3n) is 3.93. The van der Waals surface area contributed by atoms with Crippen molar-refractivity contribution in [2.45, 2.75) is 12.3 Å². The van der Waals surface area contributed by atoms with E-state index in [1.54, 1.807) is 0 Å². The quantitative estimate of drug-likeness (QED) is 0.659. The van der Waals surface area contributed by atoms with Crippen LogP contribution in [0.5, 0.6) is 5.75 Å². The molecular formula is C16H17ClN2O3. The van der Waals surface area contributed by atoms with Crippen molar-refractivity contribution < 1.29 is 10.0 Å². The number of halogens is 1. The third-order valence-corrected chi connectivity index (χ3v) is 3.93. The Morgan fingerprint density at radius 1 is 1.23 bits per heavy atom. The lowest BCUT2D eigenvalue weighted by atomic mass is 9.87. The third kappa shape index (κ3) is 3.05. The zero-order valence-corrected chi connectivity index (χ0v) is 12.7. The predicted molar refractivity (Wildman–Crippen MR) is 86.9 cm³/mol. The highest BCUT2D eigenvalue weighted by Crippen LogP contribution is 2.36. The van der Waals surface area contributed by atoms with Crippen LogP contribution in [0, 0.1) is 10.1 Å². The van der Waals surface area contributed by atoms with Crippen LogP contribution in [0.25, 0.3) is 0 Å². The maximum Gasteiger partial charge on any atom is 0.311 e.